The highest BCUT2D eigenvalue weighted by Crippen LogP contribution is 2.33. The van der Waals surface area contributed by atoms with Crippen molar-refractivity contribution in [2.24, 2.45) is 0 Å². The molecule has 1 saturated heterocycles. The lowest BCUT2D eigenvalue weighted by molar-refractivity contribution is -0.896. The summed E-state index contributed by atoms with van der Waals surface area (Å²) < 4.78 is 44.4. The molecule has 4 aromatic rings. The number of aliphatic hydroxyl groups excluding tert-OH is 1. The number of aliphatic carboxylic acids is 1. The number of aromatic nitrogens is 1. The Hall–Kier alpha value is -5.12. The smallest absolute Gasteiger partial charge is 0.430 e. The first kappa shape index (κ1) is 44.6. The van der Waals surface area contributed by atoms with E-state index in [1.807, 2.05) is 48.5 Å². The molecule has 310 valence electrons. The number of carboxylic acid groups (broad SMARTS) is 1. The number of aromatic hydroxyl groups is 1. The molecule has 5 N–H and O–H groups in total. The number of pyridine rings is 1. The summed E-state index contributed by atoms with van der Waals surface area (Å²) in [6, 6.07) is 22.1. The number of hydrogen-bond acceptors (Lipinski definition) is 9. The van der Waals surface area contributed by atoms with Crippen LogP contribution in [0.1, 0.15) is 69.5 Å². The minimum atomic E-state index is -5.19. The Kier molecular flexibility index (Phi) is 16.8. The van der Waals surface area contributed by atoms with Crippen molar-refractivity contribution in [1.82, 2.24) is 10.3 Å². The van der Waals surface area contributed by atoms with Crippen molar-refractivity contribution in [2.45, 2.75) is 76.2 Å². The Morgan fingerprint density at radius 2 is 1.58 bits per heavy atom. The van der Waals surface area contributed by atoms with Crippen LogP contribution >= 0.6 is 0 Å². The van der Waals surface area contributed by atoms with E-state index in [4.69, 9.17) is 19.4 Å². The van der Waals surface area contributed by atoms with Gasteiger partial charge in [0, 0.05) is 42.5 Å². The fourth-order valence-electron chi connectivity index (χ4n) is 6.56. The summed E-state index contributed by atoms with van der Waals surface area (Å²) in [6.07, 6.45) is 2.97. The molecule has 0 radical (unpaired) electrons. The van der Waals surface area contributed by atoms with Crippen LogP contribution < -0.4 is 26.0 Å². The van der Waals surface area contributed by atoms with Gasteiger partial charge < -0.3 is 44.4 Å². The highest BCUT2D eigenvalue weighted by Gasteiger charge is 2.29. The number of carbonyl (C=O) groups is 2. The summed E-state index contributed by atoms with van der Waals surface area (Å²) in [7, 11) is 4.42. The van der Waals surface area contributed by atoms with Crippen LogP contribution in [0.4, 0.5) is 23.7 Å². The number of alkyl halides is 3. The van der Waals surface area contributed by atoms with E-state index in [2.05, 4.69) is 29.7 Å². The molecule has 0 saturated carbocycles. The number of likely N-dealkylation sites (tertiary alicyclic amines) is 1. The van der Waals surface area contributed by atoms with Gasteiger partial charge in [-0.25, -0.2) is 4.79 Å². The first-order valence-corrected chi connectivity index (χ1v) is 19.3. The molecular formula is C42H53F3N4O8. The van der Waals surface area contributed by atoms with Crippen LogP contribution in [0.15, 0.2) is 77.6 Å². The van der Waals surface area contributed by atoms with Crippen LogP contribution in [-0.2, 0) is 9.53 Å². The first-order valence-electron chi connectivity index (χ1n) is 19.3. The molecule has 0 aliphatic carbocycles. The molecule has 5 rings (SSSR count). The first-order chi connectivity index (χ1) is 27.1. The van der Waals surface area contributed by atoms with E-state index in [0.29, 0.717) is 35.3 Å². The third-order valence-corrected chi connectivity index (χ3v) is 9.80. The van der Waals surface area contributed by atoms with Crippen LogP contribution in [-0.4, -0.2) is 90.9 Å². The van der Waals surface area contributed by atoms with Crippen LogP contribution in [0.3, 0.4) is 0 Å². The molecule has 0 unspecified atom stereocenters. The van der Waals surface area contributed by atoms with Crippen LogP contribution in [0.25, 0.3) is 22.0 Å². The highest BCUT2D eigenvalue weighted by molar-refractivity contribution is 5.92. The van der Waals surface area contributed by atoms with Gasteiger partial charge in [-0.2, -0.15) is 13.2 Å². The number of carbonyl (C=O) groups excluding carboxylic acids is 2. The Morgan fingerprint density at radius 1 is 0.930 bits per heavy atom. The Morgan fingerprint density at radius 3 is 2.25 bits per heavy atom. The maximum absolute atomic E-state index is 12.9. The Labute approximate surface area is 330 Å². The number of halogens is 3. The molecule has 1 atom stereocenters. The highest BCUT2D eigenvalue weighted by atomic mass is 19.4. The maximum Gasteiger partial charge on any atom is 0.430 e. The molecule has 15 heteroatoms. The summed E-state index contributed by atoms with van der Waals surface area (Å²) in [5, 5.41) is 36.5. The molecular weight excluding hydrogens is 745 g/mol. The topological polar surface area (TPSA) is 173 Å². The zero-order valence-corrected chi connectivity index (χ0v) is 32.4. The fourth-order valence-corrected chi connectivity index (χ4v) is 6.56. The number of aliphatic hydroxyl groups is 1. The maximum atomic E-state index is 12.9. The third-order valence-electron chi connectivity index (χ3n) is 9.80. The lowest BCUT2D eigenvalue weighted by Crippen LogP contribution is -2.48. The number of rotatable bonds is 17. The van der Waals surface area contributed by atoms with E-state index in [1.54, 1.807) is 12.1 Å². The minimum absolute atomic E-state index is 0.0109. The molecule has 0 bridgehead atoms. The van der Waals surface area contributed by atoms with E-state index >= 15 is 0 Å². The number of carboxylic acids is 1. The normalized spacial score (nSPS) is 14.6. The van der Waals surface area contributed by atoms with Gasteiger partial charge in [-0.05, 0) is 54.8 Å². The predicted octanol–water partition coefficient (Wildman–Crippen LogP) is 6.42. The van der Waals surface area contributed by atoms with Gasteiger partial charge in [0.15, 0.2) is 0 Å². The van der Waals surface area contributed by atoms with Gasteiger partial charge in [0.05, 0.1) is 51.1 Å². The number of hydrogen-bond donors (Lipinski definition) is 5. The molecule has 3 aromatic carbocycles. The predicted molar refractivity (Wildman–Crippen MR) is 210 cm³/mol. The van der Waals surface area contributed by atoms with Gasteiger partial charge in [0.25, 0.3) is 0 Å². The Bertz CT molecular complexity index is 1950. The van der Waals surface area contributed by atoms with E-state index in [9.17, 15) is 33.0 Å². The third kappa shape index (κ3) is 14.7. The SMILES string of the molecule is C[N+]1(C)CCC(OC(=O)Nc2cc(OCCCCCCCCCNC[C@H](O)c3ccc(O)c4[nH]c(=O)ccc34)ccc2-c2ccccc2)CC1.O=C([O-])C(F)(F)F. The lowest BCUT2D eigenvalue weighted by atomic mass is 10.0. The number of fused-ring (bicyclic) bond motifs is 1. The molecule has 1 aliphatic rings. The number of piperidine rings is 1. The quantitative estimate of drug-likeness (QED) is 0.0597. The van der Waals surface area contributed by atoms with Crippen molar-refractivity contribution >= 4 is 28.7 Å². The average molecular weight is 799 g/mol. The van der Waals surface area contributed by atoms with Crippen molar-refractivity contribution < 1.29 is 52.0 Å². The minimum Gasteiger partial charge on any atom is -0.542 e. The number of benzene rings is 3. The van der Waals surface area contributed by atoms with Crippen molar-refractivity contribution in [3.8, 4) is 22.6 Å². The number of quaternary nitrogens is 1. The number of ether oxygens (including phenoxy) is 2. The number of phenols is 1. The number of amides is 1. The summed E-state index contributed by atoms with van der Waals surface area (Å²) in [5.41, 5.74) is 3.34. The zero-order chi connectivity index (χ0) is 41.4. The van der Waals surface area contributed by atoms with E-state index in [0.717, 1.165) is 92.4 Å². The number of H-pyrrole nitrogens is 1. The van der Waals surface area contributed by atoms with Gasteiger partial charge >= 0.3 is 12.3 Å². The summed E-state index contributed by atoms with van der Waals surface area (Å²) in [5.74, 6) is -2.29. The van der Waals surface area contributed by atoms with Crippen molar-refractivity contribution in [3.05, 3.63) is 88.7 Å². The summed E-state index contributed by atoms with van der Waals surface area (Å²) in [6.45, 7) is 3.81. The molecule has 12 nitrogen and oxygen atoms in total. The van der Waals surface area contributed by atoms with E-state index in [-0.39, 0.29) is 17.4 Å². The summed E-state index contributed by atoms with van der Waals surface area (Å²) in [4.78, 5) is 36.0. The van der Waals surface area contributed by atoms with Crippen molar-refractivity contribution in [1.29, 1.82) is 0 Å². The zero-order valence-electron chi connectivity index (χ0n) is 32.4. The number of nitrogens with zero attached hydrogens (tertiary/aromatic N) is 1. The second-order valence-electron chi connectivity index (χ2n) is 14.8. The number of aromatic amines is 1. The van der Waals surface area contributed by atoms with Crippen LogP contribution in [0.2, 0.25) is 0 Å². The molecule has 57 heavy (non-hydrogen) atoms. The second-order valence-corrected chi connectivity index (χ2v) is 14.8. The fraction of sp³-hybridized carbons (Fsp3) is 0.452. The number of phenolic OH excluding ortho intramolecular Hbond substituents is 1. The molecule has 0 spiro atoms. The van der Waals surface area contributed by atoms with E-state index < -0.39 is 24.3 Å². The van der Waals surface area contributed by atoms with Crippen LogP contribution in [0.5, 0.6) is 11.5 Å². The van der Waals surface area contributed by atoms with Gasteiger partial charge in [-0.1, -0.05) is 68.5 Å². The molecule has 1 fully saturated rings. The molecule has 2 heterocycles. The molecule has 1 aliphatic heterocycles. The number of nitrogens with one attached hydrogen (secondary N) is 3. The Balaban J connectivity index is 0.000000940. The van der Waals surface area contributed by atoms with E-state index in [1.165, 1.54) is 18.6 Å². The van der Waals surface area contributed by atoms with Gasteiger partial charge in [0.2, 0.25) is 5.56 Å². The van der Waals surface area contributed by atoms with Gasteiger partial charge in [0.1, 0.15) is 23.6 Å². The molecule has 1 aromatic heterocycles. The average Bonchev–Trinajstić information content (AvgIpc) is 3.16. The number of unbranched alkanes of at least 4 members (excludes halogenated alkanes) is 6. The lowest BCUT2D eigenvalue weighted by Gasteiger charge is -2.36. The standard InChI is InChI=1S/C40H52N4O6.C2HF3O2/c1-44(2)24-21-30(22-25-44)50-40(48)42-35-27-31(15-16-32(35)29-13-9-8-10-14-29)49-26-12-7-5-3-4-6-11-23-41-28-37(46)33-17-19-36(45)39-34(33)18-20-38(47)43-39;3-2(4,5)1(6)7/h8-10,13-20,27,30,37,41,46H,3-7,11-12,21-26,28H2,1-2H3,(H2-,42,43,45,47,48);(H,6,7)/t37-;/m0./s1. The van der Waals surface area contributed by atoms with Gasteiger partial charge in [-0.15, -0.1) is 0 Å². The monoisotopic (exact) mass is 798 g/mol. The summed E-state index contributed by atoms with van der Waals surface area (Å²) >= 11 is 0. The molecule has 1 amide bonds. The number of anilines is 1. The van der Waals surface area contributed by atoms with Crippen molar-refractivity contribution in [3.63, 3.8) is 0 Å². The van der Waals surface area contributed by atoms with Crippen LogP contribution in [0, 0.1) is 0 Å². The largest absolute Gasteiger partial charge is 0.542 e. The van der Waals surface area contributed by atoms with Crippen molar-refractivity contribution in [2.75, 3.05) is 52.2 Å². The van der Waals surface area contributed by atoms with Gasteiger partial charge in [-0.3, -0.25) is 10.1 Å². The second kappa shape index (κ2) is 21.4.